The van der Waals surface area contributed by atoms with Crippen molar-refractivity contribution in [2.45, 2.75) is 40.5 Å². The monoisotopic (exact) mass is 460 g/mol. The molecule has 0 fully saturated rings. The fraction of sp³-hybridized carbons (Fsp3) is 0.226. The summed E-state index contributed by atoms with van der Waals surface area (Å²) < 4.78 is 4.37. The maximum Gasteiger partial charge on any atom is 0.113 e. The molecule has 176 valence electrons. The van der Waals surface area contributed by atoms with Crippen LogP contribution in [-0.4, -0.2) is 19.1 Å². The van der Waals surface area contributed by atoms with Gasteiger partial charge >= 0.3 is 0 Å². The lowest BCUT2D eigenvalue weighted by molar-refractivity contribution is 0.797. The Morgan fingerprint density at radius 2 is 1.49 bits per heavy atom. The summed E-state index contributed by atoms with van der Waals surface area (Å²) in [6.07, 6.45) is 5.70. The molecule has 5 rings (SSSR count). The minimum atomic E-state index is 0.789. The first-order valence-corrected chi connectivity index (χ1v) is 12.2. The predicted molar refractivity (Wildman–Crippen MR) is 143 cm³/mol. The van der Waals surface area contributed by atoms with Gasteiger partial charge in [-0.1, -0.05) is 66.2 Å². The summed E-state index contributed by atoms with van der Waals surface area (Å²) in [6.45, 7) is 8.63. The quantitative estimate of drug-likeness (QED) is 0.283. The number of aryl methyl sites for hydroxylation is 3. The van der Waals surface area contributed by atoms with Crippen LogP contribution in [-0.2, 0) is 19.9 Å². The van der Waals surface area contributed by atoms with Crippen LogP contribution in [0, 0.1) is 27.7 Å². The average molecular weight is 461 g/mol. The third-order valence-electron chi connectivity index (χ3n) is 6.85. The van der Waals surface area contributed by atoms with Gasteiger partial charge in [0, 0.05) is 37.3 Å². The van der Waals surface area contributed by atoms with Crippen LogP contribution in [0.4, 0.5) is 0 Å². The Labute approximate surface area is 207 Å². The van der Waals surface area contributed by atoms with Crippen molar-refractivity contribution in [1.82, 2.24) is 19.1 Å². The second kappa shape index (κ2) is 9.38. The van der Waals surface area contributed by atoms with E-state index >= 15 is 0 Å². The third-order valence-corrected chi connectivity index (χ3v) is 6.85. The van der Waals surface area contributed by atoms with Gasteiger partial charge < -0.3 is 9.13 Å². The van der Waals surface area contributed by atoms with Gasteiger partial charge in [0.2, 0.25) is 0 Å². The van der Waals surface area contributed by atoms with Crippen LogP contribution in [0.15, 0.2) is 79.3 Å². The molecule has 0 radical (unpaired) electrons. The molecule has 0 atom stereocenters. The summed E-state index contributed by atoms with van der Waals surface area (Å²) in [5.74, 6) is 1.09. The van der Waals surface area contributed by atoms with Crippen LogP contribution in [0.3, 0.4) is 0 Å². The van der Waals surface area contributed by atoms with Gasteiger partial charge in [0.25, 0.3) is 0 Å². The van der Waals surface area contributed by atoms with E-state index in [-0.39, 0.29) is 0 Å². The van der Waals surface area contributed by atoms with E-state index in [1.54, 1.807) is 0 Å². The van der Waals surface area contributed by atoms with E-state index in [0.717, 1.165) is 35.6 Å². The van der Waals surface area contributed by atoms with E-state index in [4.69, 9.17) is 9.97 Å². The van der Waals surface area contributed by atoms with Crippen molar-refractivity contribution in [1.29, 1.82) is 0 Å². The summed E-state index contributed by atoms with van der Waals surface area (Å²) in [4.78, 5) is 9.76. The zero-order valence-electron chi connectivity index (χ0n) is 21.2. The van der Waals surface area contributed by atoms with Gasteiger partial charge in [0.15, 0.2) is 0 Å². The van der Waals surface area contributed by atoms with Gasteiger partial charge in [-0.2, -0.15) is 0 Å². The van der Waals surface area contributed by atoms with Crippen LogP contribution in [0.1, 0.15) is 45.0 Å². The van der Waals surface area contributed by atoms with E-state index in [1.165, 1.54) is 39.2 Å². The fourth-order valence-electron chi connectivity index (χ4n) is 5.01. The highest BCUT2D eigenvalue weighted by molar-refractivity contribution is 5.61. The summed E-state index contributed by atoms with van der Waals surface area (Å²) in [5, 5.41) is 0. The molecule has 35 heavy (non-hydrogen) atoms. The summed E-state index contributed by atoms with van der Waals surface area (Å²) in [5.41, 5.74) is 12.0. The minimum absolute atomic E-state index is 0.789. The van der Waals surface area contributed by atoms with E-state index in [9.17, 15) is 0 Å². The summed E-state index contributed by atoms with van der Waals surface area (Å²) >= 11 is 0. The zero-order valence-corrected chi connectivity index (χ0v) is 21.2. The van der Waals surface area contributed by atoms with E-state index in [1.807, 2.05) is 6.33 Å². The fourth-order valence-corrected chi connectivity index (χ4v) is 5.01. The molecule has 0 saturated heterocycles. The standard InChI is InChI=1S/C31H32N4/c1-21-14-22(2)31(23(3)15-21)35-19-29(32-20-35)27-13-9-12-26(16-27)18-30-33-28(24(4)34(30)5)17-25-10-7-6-8-11-25/h6-16,19-20H,17-18H2,1-5H3. The molecule has 0 unspecified atom stereocenters. The molecule has 0 N–H and O–H groups in total. The van der Waals surface area contributed by atoms with Crippen LogP contribution in [0.2, 0.25) is 0 Å². The van der Waals surface area contributed by atoms with Gasteiger partial charge in [0.05, 0.1) is 23.4 Å². The van der Waals surface area contributed by atoms with Crippen molar-refractivity contribution in [2.24, 2.45) is 7.05 Å². The van der Waals surface area contributed by atoms with Crippen molar-refractivity contribution in [2.75, 3.05) is 0 Å². The number of aromatic nitrogens is 4. The maximum absolute atomic E-state index is 5.02. The Kier molecular flexibility index (Phi) is 6.12. The average Bonchev–Trinajstić information content (AvgIpc) is 3.41. The number of hydrogen-bond acceptors (Lipinski definition) is 2. The second-order valence-electron chi connectivity index (χ2n) is 9.57. The molecule has 0 bridgehead atoms. The van der Waals surface area contributed by atoms with Crippen molar-refractivity contribution in [3.05, 3.63) is 124 Å². The maximum atomic E-state index is 5.02. The van der Waals surface area contributed by atoms with Gasteiger partial charge in [-0.05, 0) is 56.0 Å². The van der Waals surface area contributed by atoms with Crippen molar-refractivity contribution in [3.8, 4) is 16.9 Å². The molecule has 0 aliphatic rings. The van der Waals surface area contributed by atoms with Gasteiger partial charge in [-0.15, -0.1) is 0 Å². The van der Waals surface area contributed by atoms with Gasteiger partial charge in [0.1, 0.15) is 5.82 Å². The molecule has 0 saturated carbocycles. The second-order valence-corrected chi connectivity index (χ2v) is 9.57. The Hall–Kier alpha value is -3.92. The van der Waals surface area contributed by atoms with Crippen molar-refractivity contribution < 1.29 is 0 Å². The number of imidazole rings is 2. The number of hydrogen-bond donors (Lipinski definition) is 0. The lowest BCUT2D eigenvalue weighted by atomic mass is 10.0. The first kappa shape index (κ1) is 22.9. The Morgan fingerprint density at radius 3 is 2.23 bits per heavy atom. The molecule has 2 heterocycles. The van der Waals surface area contributed by atoms with E-state index in [2.05, 4.69) is 117 Å². The van der Waals surface area contributed by atoms with Crippen molar-refractivity contribution >= 4 is 0 Å². The highest BCUT2D eigenvalue weighted by Crippen LogP contribution is 2.25. The lowest BCUT2D eigenvalue weighted by Gasteiger charge is -2.11. The van der Waals surface area contributed by atoms with Gasteiger partial charge in [-0.3, -0.25) is 0 Å². The topological polar surface area (TPSA) is 35.6 Å². The van der Waals surface area contributed by atoms with Crippen LogP contribution >= 0.6 is 0 Å². The molecular formula is C31H32N4. The molecule has 0 aliphatic carbocycles. The molecule has 0 spiro atoms. The third kappa shape index (κ3) is 4.69. The number of nitrogens with zero attached hydrogens (tertiary/aromatic N) is 4. The molecule has 4 heteroatoms. The van der Waals surface area contributed by atoms with Gasteiger partial charge in [-0.25, -0.2) is 9.97 Å². The normalized spacial score (nSPS) is 11.2. The molecule has 0 amide bonds. The molecule has 3 aromatic carbocycles. The van der Waals surface area contributed by atoms with Crippen LogP contribution in [0.5, 0.6) is 0 Å². The predicted octanol–water partition coefficient (Wildman–Crippen LogP) is 6.69. The molecule has 4 nitrogen and oxygen atoms in total. The first-order chi connectivity index (χ1) is 16.9. The zero-order chi connectivity index (χ0) is 24.5. The SMILES string of the molecule is Cc1cc(C)c(-n2cnc(-c3cccc(Cc4nc(Cc5ccccc5)c(C)n4C)c3)c2)c(C)c1. The molecular weight excluding hydrogens is 428 g/mol. The Balaban J connectivity index is 1.40. The molecule has 5 aromatic rings. The van der Waals surface area contributed by atoms with Crippen LogP contribution < -0.4 is 0 Å². The Morgan fingerprint density at radius 1 is 0.771 bits per heavy atom. The summed E-state index contributed by atoms with van der Waals surface area (Å²) in [7, 11) is 2.12. The largest absolute Gasteiger partial charge is 0.335 e. The summed E-state index contributed by atoms with van der Waals surface area (Å²) in [6, 6.07) is 23.7. The molecule has 0 aliphatic heterocycles. The molecule has 2 aromatic heterocycles. The van der Waals surface area contributed by atoms with Crippen LogP contribution in [0.25, 0.3) is 16.9 Å². The Bertz CT molecular complexity index is 1460. The lowest BCUT2D eigenvalue weighted by Crippen LogP contribution is -2.00. The number of rotatable bonds is 6. The highest BCUT2D eigenvalue weighted by Gasteiger charge is 2.14. The smallest absolute Gasteiger partial charge is 0.113 e. The van der Waals surface area contributed by atoms with E-state index in [0.29, 0.717) is 0 Å². The van der Waals surface area contributed by atoms with Crippen molar-refractivity contribution in [3.63, 3.8) is 0 Å². The first-order valence-electron chi connectivity index (χ1n) is 12.2. The van der Waals surface area contributed by atoms with E-state index < -0.39 is 0 Å². The minimum Gasteiger partial charge on any atom is -0.335 e. The highest BCUT2D eigenvalue weighted by atomic mass is 15.1. The number of benzene rings is 3.